The Hall–Kier alpha value is -0.700. The molecule has 0 bridgehead atoms. The summed E-state index contributed by atoms with van der Waals surface area (Å²) in [6, 6.07) is 0. The van der Waals surface area contributed by atoms with Gasteiger partial charge in [-0.3, -0.25) is 4.90 Å². The molecule has 13 heavy (non-hydrogen) atoms. The van der Waals surface area contributed by atoms with Crippen LogP contribution in [0.4, 0.5) is 0 Å². The normalized spacial score (nSPS) is 36.8. The minimum absolute atomic E-state index is 0.115. The minimum Gasteiger partial charge on any atom is -0.291 e. The van der Waals surface area contributed by atoms with E-state index in [0.29, 0.717) is 6.54 Å². The highest BCUT2D eigenvalue weighted by Crippen LogP contribution is 2.41. The lowest BCUT2D eigenvalue weighted by atomic mass is 9.93. The third-order valence-corrected chi connectivity index (χ3v) is 3.46. The fraction of sp³-hybridized carbons (Fsp3) is 0.800. The van der Waals surface area contributed by atoms with Gasteiger partial charge in [-0.05, 0) is 32.7 Å². The maximum atomic E-state index is 10.4. The van der Waals surface area contributed by atoms with E-state index in [4.69, 9.17) is 0 Å². The second-order valence-corrected chi connectivity index (χ2v) is 4.16. The summed E-state index contributed by atoms with van der Waals surface area (Å²) in [5.41, 5.74) is 1.59. The summed E-state index contributed by atoms with van der Waals surface area (Å²) in [4.78, 5) is 12.8. The van der Waals surface area contributed by atoms with Gasteiger partial charge in [-0.15, -0.1) is 0 Å². The van der Waals surface area contributed by atoms with Gasteiger partial charge in [-0.1, -0.05) is 16.8 Å². The van der Waals surface area contributed by atoms with Gasteiger partial charge in [-0.2, -0.15) is 4.91 Å². The molecule has 0 amide bonds. The van der Waals surface area contributed by atoms with E-state index in [9.17, 15) is 4.91 Å². The van der Waals surface area contributed by atoms with Gasteiger partial charge < -0.3 is 0 Å². The first kappa shape index (κ1) is 8.88. The van der Waals surface area contributed by atoms with Crippen LogP contribution in [0.2, 0.25) is 0 Å². The van der Waals surface area contributed by atoms with Crippen molar-refractivity contribution < 1.29 is 0 Å². The van der Waals surface area contributed by atoms with Crippen LogP contribution in [-0.2, 0) is 0 Å². The van der Waals surface area contributed by atoms with Gasteiger partial charge in [0.1, 0.15) is 0 Å². The van der Waals surface area contributed by atoms with Crippen LogP contribution in [0.3, 0.4) is 0 Å². The molecule has 2 saturated heterocycles. The third-order valence-electron chi connectivity index (χ3n) is 3.46. The van der Waals surface area contributed by atoms with Crippen molar-refractivity contribution >= 4 is 0 Å². The Balaban J connectivity index is 2.19. The van der Waals surface area contributed by atoms with Crippen molar-refractivity contribution in [1.82, 2.24) is 4.90 Å². The molecule has 0 aromatic heterocycles. The standard InChI is InChI=1S/C10H16N2O/c1-2-9-6-10(8-11-13)4-3-5-12(10)7-9/h2H,3-8H2,1H3/b9-2-. The van der Waals surface area contributed by atoms with Crippen molar-refractivity contribution in [2.24, 2.45) is 5.18 Å². The van der Waals surface area contributed by atoms with E-state index in [1.54, 1.807) is 0 Å². The van der Waals surface area contributed by atoms with Gasteiger partial charge >= 0.3 is 0 Å². The van der Waals surface area contributed by atoms with Gasteiger partial charge in [0.25, 0.3) is 0 Å². The quantitative estimate of drug-likeness (QED) is 0.480. The summed E-state index contributed by atoms with van der Waals surface area (Å²) in [5.74, 6) is 0. The van der Waals surface area contributed by atoms with Crippen LogP contribution < -0.4 is 0 Å². The smallest absolute Gasteiger partial charge is 0.0998 e. The van der Waals surface area contributed by atoms with E-state index in [-0.39, 0.29) is 5.54 Å². The van der Waals surface area contributed by atoms with E-state index in [1.165, 1.54) is 12.0 Å². The highest BCUT2D eigenvalue weighted by atomic mass is 16.3. The molecule has 3 nitrogen and oxygen atoms in total. The summed E-state index contributed by atoms with van der Waals surface area (Å²) in [5, 5.41) is 3.10. The predicted molar refractivity (Wildman–Crippen MR) is 52.6 cm³/mol. The Morgan fingerprint density at radius 3 is 3.23 bits per heavy atom. The average Bonchev–Trinajstić information content (AvgIpc) is 2.60. The van der Waals surface area contributed by atoms with Crippen molar-refractivity contribution in [2.75, 3.05) is 19.6 Å². The van der Waals surface area contributed by atoms with Gasteiger partial charge in [0.05, 0.1) is 6.54 Å². The molecule has 3 heteroatoms. The van der Waals surface area contributed by atoms with Crippen molar-refractivity contribution in [3.8, 4) is 0 Å². The molecule has 0 saturated carbocycles. The fourth-order valence-electron chi connectivity index (χ4n) is 2.71. The molecular weight excluding hydrogens is 164 g/mol. The number of nitrogens with zero attached hydrogens (tertiary/aromatic N) is 2. The van der Waals surface area contributed by atoms with Gasteiger partial charge in [0.15, 0.2) is 0 Å². The molecule has 2 fully saturated rings. The number of nitroso groups, excluding NO2 is 1. The highest BCUT2D eigenvalue weighted by molar-refractivity contribution is 5.20. The van der Waals surface area contributed by atoms with Crippen LogP contribution in [0.25, 0.3) is 0 Å². The molecule has 0 N–H and O–H groups in total. The second-order valence-electron chi connectivity index (χ2n) is 4.16. The number of hydrogen-bond donors (Lipinski definition) is 0. The van der Waals surface area contributed by atoms with E-state index < -0.39 is 0 Å². The maximum absolute atomic E-state index is 10.4. The largest absolute Gasteiger partial charge is 0.291 e. The second kappa shape index (κ2) is 3.22. The number of hydrogen-bond acceptors (Lipinski definition) is 3. The molecule has 0 spiro atoms. The van der Waals surface area contributed by atoms with Crippen molar-refractivity contribution in [2.45, 2.75) is 31.7 Å². The molecule has 2 rings (SSSR count). The topological polar surface area (TPSA) is 32.7 Å². The third kappa shape index (κ3) is 1.31. The molecule has 1 atom stereocenters. The summed E-state index contributed by atoms with van der Waals surface area (Å²) in [6.45, 7) is 4.77. The molecule has 2 aliphatic rings. The molecule has 1 unspecified atom stereocenters. The van der Waals surface area contributed by atoms with E-state index >= 15 is 0 Å². The van der Waals surface area contributed by atoms with Crippen LogP contribution in [-0.4, -0.2) is 30.1 Å². The molecule has 0 aromatic rings. The molecule has 0 radical (unpaired) electrons. The van der Waals surface area contributed by atoms with Crippen LogP contribution in [0.5, 0.6) is 0 Å². The lowest BCUT2D eigenvalue weighted by Crippen LogP contribution is -2.40. The molecular formula is C10H16N2O. The van der Waals surface area contributed by atoms with E-state index in [1.807, 2.05) is 0 Å². The monoisotopic (exact) mass is 180 g/mol. The highest BCUT2D eigenvalue weighted by Gasteiger charge is 2.46. The fourth-order valence-corrected chi connectivity index (χ4v) is 2.71. The number of rotatable bonds is 2. The van der Waals surface area contributed by atoms with Crippen molar-refractivity contribution in [3.63, 3.8) is 0 Å². The Morgan fingerprint density at radius 2 is 2.54 bits per heavy atom. The minimum atomic E-state index is 0.115. The molecule has 72 valence electrons. The zero-order valence-corrected chi connectivity index (χ0v) is 8.12. The van der Waals surface area contributed by atoms with Crippen LogP contribution in [0, 0.1) is 4.91 Å². The Labute approximate surface area is 78.8 Å². The van der Waals surface area contributed by atoms with Gasteiger partial charge in [0.2, 0.25) is 0 Å². The summed E-state index contributed by atoms with van der Waals surface area (Å²) in [6.07, 6.45) is 5.63. The van der Waals surface area contributed by atoms with Crippen LogP contribution >= 0.6 is 0 Å². The summed E-state index contributed by atoms with van der Waals surface area (Å²) >= 11 is 0. The van der Waals surface area contributed by atoms with Crippen LogP contribution in [0.1, 0.15) is 26.2 Å². The predicted octanol–water partition coefficient (Wildman–Crippen LogP) is 1.94. The molecule has 0 aliphatic carbocycles. The average molecular weight is 180 g/mol. The SMILES string of the molecule is C/C=C1\CN2CCCC2(CN=O)C1. The molecule has 2 heterocycles. The zero-order chi connectivity index (χ0) is 9.31. The lowest BCUT2D eigenvalue weighted by Gasteiger charge is -2.28. The zero-order valence-electron chi connectivity index (χ0n) is 8.12. The van der Waals surface area contributed by atoms with Crippen molar-refractivity contribution in [1.29, 1.82) is 0 Å². The molecule has 0 aromatic carbocycles. The number of allylic oxidation sites excluding steroid dienone is 1. The Bertz CT molecular complexity index is 249. The Morgan fingerprint density at radius 1 is 1.69 bits per heavy atom. The first-order valence-electron chi connectivity index (χ1n) is 4.99. The summed E-state index contributed by atoms with van der Waals surface area (Å²) < 4.78 is 0. The van der Waals surface area contributed by atoms with Crippen LogP contribution in [0.15, 0.2) is 16.8 Å². The molecule has 2 aliphatic heterocycles. The summed E-state index contributed by atoms with van der Waals surface area (Å²) in [7, 11) is 0. The number of fused-ring (bicyclic) bond motifs is 1. The van der Waals surface area contributed by atoms with E-state index in [2.05, 4.69) is 23.1 Å². The van der Waals surface area contributed by atoms with Crippen molar-refractivity contribution in [3.05, 3.63) is 16.6 Å². The Kier molecular flexibility index (Phi) is 2.20. The van der Waals surface area contributed by atoms with E-state index in [0.717, 1.165) is 25.9 Å². The maximum Gasteiger partial charge on any atom is 0.0998 e. The van der Waals surface area contributed by atoms with Gasteiger partial charge in [-0.25, -0.2) is 0 Å². The first-order valence-corrected chi connectivity index (χ1v) is 4.99. The lowest BCUT2D eigenvalue weighted by molar-refractivity contribution is 0.204. The van der Waals surface area contributed by atoms with Gasteiger partial charge in [0, 0.05) is 12.1 Å². The first-order chi connectivity index (χ1) is 6.30.